The third-order valence-corrected chi connectivity index (χ3v) is 1.45. The lowest BCUT2D eigenvalue weighted by Gasteiger charge is -2.02. The van der Waals surface area contributed by atoms with Crippen molar-refractivity contribution in [3.8, 4) is 0 Å². The van der Waals surface area contributed by atoms with Gasteiger partial charge in [-0.3, -0.25) is 0 Å². The Morgan fingerprint density at radius 3 is 2.67 bits per heavy atom. The van der Waals surface area contributed by atoms with Gasteiger partial charge in [0, 0.05) is 12.5 Å². The van der Waals surface area contributed by atoms with E-state index in [9.17, 15) is 4.79 Å². The highest BCUT2D eigenvalue weighted by atomic mass is 16.2. The van der Waals surface area contributed by atoms with Gasteiger partial charge in [-0.1, -0.05) is 6.92 Å². The van der Waals surface area contributed by atoms with Crippen LogP contribution < -0.4 is 0 Å². The minimum Gasteiger partial charge on any atom is -0.396 e. The molecular weight excluding hydrogens is 116 g/mol. The van der Waals surface area contributed by atoms with Crippen LogP contribution in [-0.4, -0.2) is 18.0 Å². The van der Waals surface area contributed by atoms with Crippen molar-refractivity contribution in [1.29, 1.82) is 0 Å². The van der Waals surface area contributed by atoms with Gasteiger partial charge in [0.05, 0.1) is 0 Å². The summed E-state index contributed by atoms with van der Waals surface area (Å²) >= 11 is 0. The predicted octanol–water partition coefficient (Wildman–Crippen LogP) is 0.984. The molecule has 0 saturated carbocycles. The van der Waals surface area contributed by atoms with Crippen LogP contribution in [0.4, 0.5) is 0 Å². The summed E-state index contributed by atoms with van der Waals surface area (Å²) in [5.41, 5.74) is 0. The van der Waals surface area contributed by atoms with Gasteiger partial charge in [-0.05, 0) is 19.3 Å². The SMILES string of the molecule is CCC(C=O)CCCO. The zero-order valence-electron chi connectivity index (χ0n) is 5.84. The Bertz CT molecular complexity index is 71.3. The Morgan fingerprint density at radius 1 is 1.67 bits per heavy atom. The Morgan fingerprint density at radius 2 is 2.33 bits per heavy atom. The lowest BCUT2D eigenvalue weighted by molar-refractivity contribution is -0.111. The van der Waals surface area contributed by atoms with Gasteiger partial charge in [0.25, 0.3) is 0 Å². The first kappa shape index (κ1) is 8.63. The van der Waals surface area contributed by atoms with Crippen LogP contribution in [0.1, 0.15) is 26.2 Å². The monoisotopic (exact) mass is 130 g/mol. The summed E-state index contributed by atoms with van der Waals surface area (Å²) in [5, 5.41) is 8.39. The number of hydrogen-bond donors (Lipinski definition) is 1. The maximum atomic E-state index is 10.2. The number of aldehydes is 1. The van der Waals surface area contributed by atoms with E-state index in [1.807, 2.05) is 6.92 Å². The number of carbonyl (C=O) groups excluding carboxylic acids is 1. The number of carbonyl (C=O) groups is 1. The Hall–Kier alpha value is -0.370. The second-order valence-electron chi connectivity index (χ2n) is 2.17. The van der Waals surface area contributed by atoms with Crippen molar-refractivity contribution in [3.63, 3.8) is 0 Å². The largest absolute Gasteiger partial charge is 0.396 e. The molecule has 0 fully saturated rings. The van der Waals surface area contributed by atoms with E-state index in [0.29, 0.717) is 0 Å². The molecule has 0 heterocycles. The van der Waals surface area contributed by atoms with E-state index >= 15 is 0 Å². The molecule has 0 aromatic rings. The molecule has 0 aromatic heterocycles. The van der Waals surface area contributed by atoms with Crippen LogP contribution in [0, 0.1) is 5.92 Å². The summed E-state index contributed by atoms with van der Waals surface area (Å²) in [4.78, 5) is 10.2. The van der Waals surface area contributed by atoms with Gasteiger partial charge in [-0.25, -0.2) is 0 Å². The summed E-state index contributed by atoms with van der Waals surface area (Å²) in [5.74, 6) is 0.164. The highest BCUT2D eigenvalue weighted by molar-refractivity contribution is 5.53. The minimum absolute atomic E-state index is 0.164. The highest BCUT2D eigenvalue weighted by Crippen LogP contribution is 2.06. The molecule has 0 aliphatic heterocycles. The van der Waals surface area contributed by atoms with Crippen LogP contribution in [-0.2, 0) is 4.79 Å². The van der Waals surface area contributed by atoms with Crippen molar-refractivity contribution in [3.05, 3.63) is 0 Å². The van der Waals surface area contributed by atoms with Crippen LogP contribution in [0.25, 0.3) is 0 Å². The Kier molecular flexibility index (Phi) is 5.52. The van der Waals surface area contributed by atoms with Crippen LogP contribution in [0.3, 0.4) is 0 Å². The van der Waals surface area contributed by atoms with Crippen LogP contribution in [0.5, 0.6) is 0 Å². The molecule has 2 nitrogen and oxygen atoms in total. The quantitative estimate of drug-likeness (QED) is 0.563. The molecule has 9 heavy (non-hydrogen) atoms. The van der Waals surface area contributed by atoms with Crippen molar-refractivity contribution in [2.24, 2.45) is 5.92 Å². The molecule has 0 aliphatic carbocycles. The minimum atomic E-state index is 0.164. The molecule has 0 bridgehead atoms. The fourth-order valence-corrected chi connectivity index (χ4v) is 0.722. The molecule has 0 amide bonds. The van der Waals surface area contributed by atoms with Crippen molar-refractivity contribution in [2.75, 3.05) is 6.61 Å². The van der Waals surface area contributed by atoms with Crippen molar-refractivity contribution in [2.45, 2.75) is 26.2 Å². The third-order valence-electron chi connectivity index (χ3n) is 1.45. The van der Waals surface area contributed by atoms with Crippen molar-refractivity contribution < 1.29 is 9.90 Å². The van der Waals surface area contributed by atoms with E-state index < -0.39 is 0 Å². The fraction of sp³-hybridized carbons (Fsp3) is 0.857. The third kappa shape index (κ3) is 4.15. The van der Waals surface area contributed by atoms with Gasteiger partial charge >= 0.3 is 0 Å². The predicted molar refractivity (Wildman–Crippen MR) is 36.2 cm³/mol. The molecule has 1 atom stereocenters. The van der Waals surface area contributed by atoms with Gasteiger partial charge in [0.2, 0.25) is 0 Å². The summed E-state index contributed by atoms with van der Waals surface area (Å²) < 4.78 is 0. The molecule has 0 spiro atoms. The van der Waals surface area contributed by atoms with Gasteiger partial charge in [-0.15, -0.1) is 0 Å². The standard InChI is InChI=1S/C7H14O2/c1-2-7(6-9)4-3-5-8/h6-8H,2-5H2,1H3. The lowest BCUT2D eigenvalue weighted by Crippen LogP contribution is -2.00. The summed E-state index contributed by atoms with van der Waals surface area (Å²) in [6, 6.07) is 0. The second kappa shape index (κ2) is 5.76. The zero-order chi connectivity index (χ0) is 7.11. The first-order chi connectivity index (χ1) is 4.35. The van der Waals surface area contributed by atoms with E-state index in [1.165, 1.54) is 0 Å². The van der Waals surface area contributed by atoms with E-state index in [0.717, 1.165) is 25.5 Å². The van der Waals surface area contributed by atoms with Gasteiger partial charge < -0.3 is 9.90 Å². The molecule has 0 radical (unpaired) electrons. The van der Waals surface area contributed by atoms with Crippen molar-refractivity contribution >= 4 is 6.29 Å². The van der Waals surface area contributed by atoms with Gasteiger partial charge in [0.1, 0.15) is 6.29 Å². The number of aliphatic hydroxyl groups is 1. The normalized spacial score (nSPS) is 13.1. The molecular formula is C7H14O2. The number of rotatable bonds is 5. The maximum Gasteiger partial charge on any atom is 0.123 e. The summed E-state index contributed by atoms with van der Waals surface area (Å²) in [6.45, 7) is 2.18. The molecule has 1 N–H and O–H groups in total. The van der Waals surface area contributed by atoms with Gasteiger partial charge in [0.15, 0.2) is 0 Å². The fourth-order valence-electron chi connectivity index (χ4n) is 0.722. The number of aliphatic hydroxyl groups excluding tert-OH is 1. The smallest absolute Gasteiger partial charge is 0.123 e. The molecule has 0 saturated heterocycles. The molecule has 1 unspecified atom stereocenters. The van der Waals surface area contributed by atoms with Crippen LogP contribution >= 0.6 is 0 Å². The Balaban J connectivity index is 3.20. The maximum absolute atomic E-state index is 10.2. The second-order valence-corrected chi connectivity index (χ2v) is 2.17. The molecule has 0 aromatic carbocycles. The first-order valence-corrected chi connectivity index (χ1v) is 3.41. The van der Waals surface area contributed by atoms with Crippen LogP contribution in [0.2, 0.25) is 0 Å². The van der Waals surface area contributed by atoms with Crippen LogP contribution in [0.15, 0.2) is 0 Å². The highest BCUT2D eigenvalue weighted by Gasteiger charge is 2.01. The zero-order valence-corrected chi connectivity index (χ0v) is 5.84. The molecule has 0 aliphatic rings. The van der Waals surface area contributed by atoms with E-state index in [1.54, 1.807) is 0 Å². The summed E-state index contributed by atoms with van der Waals surface area (Å²) in [6.07, 6.45) is 3.44. The molecule has 2 heteroatoms. The lowest BCUT2D eigenvalue weighted by atomic mass is 10.0. The summed E-state index contributed by atoms with van der Waals surface area (Å²) in [7, 11) is 0. The molecule has 54 valence electrons. The average Bonchev–Trinajstić information content (AvgIpc) is 1.91. The Labute approximate surface area is 55.9 Å². The van der Waals surface area contributed by atoms with E-state index in [4.69, 9.17) is 5.11 Å². The molecule has 0 rings (SSSR count). The van der Waals surface area contributed by atoms with E-state index in [2.05, 4.69) is 0 Å². The number of hydrogen-bond acceptors (Lipinski definition) is 2. The first-order valence-electron chi connectivity index (χ1n) is 3.41. The topological polar surface area (TPSA) is 37.3 Å². The van der Waals surface area contributed by atoms with Gasteiger partial charge in [-0.2, -0.15) is 0 Å². The van der Waals surface area contributed by atoms with E-state index in [-0.39, 0.29) is 12.5 Å². The van der Waals surface area contributed by atoms with Crippen molar-refractivity contribution in [1.82, 2.24) is 0 Å². The average molecular weight is 130 g/mol.